The summed E-state index contributed by atoms with van der Waals surface area (Å²) in [5.41, 5.74) is 1.58. The molecular formula is C18H26N2O2. The molecule has 2 fully saturated rings. The van der Waals surface area contributed by atoms with Gasteiger partial charge in [0.1, 0.15) is 0 Å². The molecule has 2 aliphatic heterocycles. The zero-order valence-electron chi connectivity index (χ0n) is 14.1. The van der Waals surface area contributed by atoms with Gasteiger partial charge < -0.3 is 9.64 Å². The molecule has 0 aromatic carbocycles. The fourth-order valence-electron chi connectivity index (χ4n) is 3.89. The molecule has 0 N–H and O–H groups in total. The lowest BCUT2D eigenvalue weighted by Crippen LogP contribution is -2.58. The van der Waals surface area contributed by atoms with E-state index in [1.54, 1.807) is 12.4 Å². The van der Waals surface area contributed by atoms with Crippen molar-refractivity contribution in [2.45, 2.75) is 58.2 Å². The Bertz CT molecular complexity index is 584. The van der Waals surface area contributed by atoms with Crippen LogP contribution in [0.1, 0.15) is 56.0 Å². The summed E-state index contributed by atoms with van der Waals surface area (Å²) in [6.45, 7) is 10.1. The van der Waals surface area contributed by atoms with Crippen LogP contribution in [0.2, 0.25) is 0 Å². The van der Waals surface area contributed by atoms with Crippen molar-refractivity contribution in [2.24, 2.45) is 5.92 Å². The fraction of sp³-hybridized carbons (Fsp3) is 0.667. The highest BCUT2D eigenvalue weighted by Gasteiger charge is 2.47. The van der Waals surface area contributed by atoms with Crippen LogP contribution in [0.3, 0.4) is 0 Å². The molecule has 4 heteroatoms. The third-order valence-electron chi connectivity index (χ3n) is 5.20. The topological polar surface area (TPSA) is 42.4 Å². The number of amides is 1. The molecule has 2 atom stereocenters. The molecule has 0 aliphatic carbocycles. The van der Waals surface area contributed by atoms with Crippen LogP contribution in [0.15, 0.2) is 18.5 Å². The van der Waals surface area contributed by atoms with Crippen molar-refractivity contribution in [3.05, 3.63) is 29.6 Å². The third kappa shape index (κ3) is 2.89. The van der Waals surface area contributed by atoms with E-state index >= 15 is 0 Å². The van der Waals surface area contributed by atoms with E-state index in [4.69, 9.17) is 4.74 Å². The number of piperidine rings is 1. The van der Waals surface area contributed by atoms with Crippen LogP contribution in [0, 0.1) is 12.8 Å². The molecule has 3 rings (SSSR count). The highest BCUT2D eigenvalue weighted by molar-refractivity contribution is 5.94. The first-order valence-corrected chi connectivity index (χ1v) is 8.20. The number of likely N-dealkylation sites (tertiary alicyclic amines) is 1. The number of fused-ring (bicyclic) bond motifs is 1. The molecule has 0 bridgehead atoms. The average Bonchev–Trinajstić information content (AvgIpc) is 2.44. The minimum Gasteiger partial charge on any atom is -0.369 e. The van der Waals surface area contributed by atoms with E-state index in [2.05, 4.69) is 25.8 Å². The van der Waals surface area contributed by atoms with Gasteiger partial charge in [-0.2, -0.15) is 0 Å². The lowest BCUT2D eigenvalue weighted by Gasteiger charge is -2.53. The molecule has 0 saturated carbocycles. The number of nitrogens with zero attached hydrogens (tertiary/aromatic N) is 2. The van der Waals surface area contributed by atoms with E-state index in [0.717, 1.165) is 37.9 Å². The zero-order chi connectivity index (χ0) is 16.0. The Morgan fingerprint density at radius 1 is 1.32 bits per heavy atom. The highest BCUT2D eigenvalue weighted by atomic mass is 16.5. The number of hydrogen-bond acceptors (Lipinski definition) is 3. The minimum atomic E-state index is -0.0939. The van der Waals surface area contributed by atoms with Gasteiger partial charge in [0, 0.05) is 31.4 Å². The maximum absolute atomic E-state index is 12.7. The number of pyridine rings is 1. The largest absolute Gasteiger partial charge is 0.369 e. The number of aryl methyl sites for hydroxylation is 1. The molecule has 1 aromatic heterocycles. The quantitative estimate of drug-likeness (QED) is 0.800. The fourth-order valence-corrected chi connectivity index (χ4v) is 3.89. The molecule has 22 heavy (non-hydrogen) atoms. The summed E-state index contributed by atoms with van der Waals surface area (Å²) >= 11 is 0. The summed E-state index contributed by atoms with van der Waals surface area (Å²) < 4.78 is 6.37. The van der Waals surface area contributed by atoms with Gasteiger partial charge in [-0.3, -0.25) is 9.78 Å². The summed E-state index contributed by atoms with van der Waals surface area (Å²) in [7, 11) is 0. The Hall–Kier alpha value is -1.42. The standard InChI is InChI=1S/C18H26N2O2/c1-13-9-14(11-19-10-13)16(21)20-8-7-18(4)15(12-20)5-6-17(2,3)22-18/h9-11,15H,5-8,12H2,1-4H3/t15-,18+/m0/s1. The van der Waals surface area contributed by atoms with E-state index in [-0.39, 0.29) is 17.1 Å². The van der Waals surface area contributed by atoms with E-state index < -0.39 is 0 Å². The predicted molar refractivity (Wildman–Crippen MR) is 85.8 cm³/mol. The number of ether oxygens (including phenoxy) is 1. The van der Waals surface area contributed by atoms with E-state index in [9.17, 15) is 4.79 Å². The second-order valence-corrected chi connectivity index (χ2v) is 7.66. The van der Waals surface area contributed by atoms with Gasteiger partial charge in [0.15, 0.2) is 0 Å². The first kappa shape index (κ1) is 15.5. The molecule has 3 heterocycles. The Morgan fingerprint density at radius 3 is 2.82 bits per heavy atom. The highest BCUT2D eigenvalue weighted by Crippen LogP contribution is 2.44. The van der Waals surface area contributed by atoms with E-state index in [1.807, 2.05) is 17.9 Å². The molecule has 1 aromatic rings. The normalized spacial score (nSPS) is 30.7. The van der Waals surface area contributed by atoms with Crippen LogP contribution in [0.25, 0.3) is 0 Å². The van der Waals surface area contributed by atoms with Gasteiger partial charge in [0.05, 0.1) is 16.8 Å². The van der Waals surface area contributed by atoms with Crippen LogP contribution >= 0.6 is 0 Å². The maximum atomic E-state index is 12.7. The number of carbonyl (C=O) groups excluding carboxylic acids is 1. The summed E-state index contributed by atoms with van der Waals surface area (Å²) in [4.78, 5) is 18.8. The minimum absolute atomic E-state index is 0.0438. The van der Waals surface area contributed by atoms with Crippen LogP contribution in [-0.4, -0.2) is 40.1 Å². The van der Waals surface area contributed by atoms with Gasteiger partial charge in [0.2, 0.25) is 0 Å². The lowest BCUT2D eigenvalue weighted by atomic mass is 9.74. The van der Waals surface area contributed by atoms with E-state index in [0.29, 0.717) is 11.5 Å². The first-order valence-electron chi connectivity index (χ1n) is 8.20. The smallest absolute Gasteiger partial charge is 0.255 e. The Kier molecular flexibility index (Phi) is 3.76. The number of aromatic nitrogens is 1. The zero-order valence-corrected chi connectivity index (χ0v) is 14.1. The van der Waals surface area contributed by atoms with Crippen molar-refractivity contribution in [2.75, 3.05) is 13.1 Å². The molecule has 0 radical (unpaired) electrons. The monoisotopic (exact) mass is 302 g/mol. The molecular weight excluding hydrogens is 276 g/mol. The Labute approximate surface area is 132 Å². The van der Waals surface area contributed by atoms with Crippen molar-refractivity contribution < 1.29 is 9.53 Å². The summed E-state index contributed by atoms with van der Waals surface area (Å²) in [6.07, 6.45) is 6.54. The molecule has 2 saturated heterocycles. The van der Waals surface area contributed by atoms with Gasteiger partial charge in [-0.05, 0) is 58.6 Å². The van der Waals surface area contributed by atoms with Gasteiger partial charge in [0.25, 0.3) is 5.91 Å². The SMILES string of the molecule is Cc1cncc(C(=O)N2CC[C@@]3(C)OC(C)(C)CC[C@H]3C2)c1. The Morgan fingerprint density at radius 2 is 2.09 bits per heavy atom. The van der Waals surface area contributed by atoms with Crippen LogP contribution in [0.5, 0.6) is 0 Å². The van der Waals surface area contributed by atoms with Crippen LogP contribution in [-0.2, 0) is 4.74 Å². The van der Waals surface area contributed by atoms with Crippen molar-refractivity contribution in [3.63, 3.8) is 0 Å². The Balaban J connectivity index is 1.74. The number of carbonyl (C=O) groups is 1. The van der Waals surface area contributed by atoms with Crippen LogP contribution < -0.4 is 0 Å². The first-order chi connectivity index (χ1) is 10.3. The summed E-state index contributed by atoms with van der Waals surface area (Å²) in [5, 5.41) is 0. The molecule has 2 aliphatic rings. The molecule has 1 amide bonds. The summed E-state index contributed by atoms with van der Waals surface area (Å²) in [5.74, 6) is 0.527. The average molecular weight is 302 g/mol. The van der Waals surface area contributed by atoms with Gasteiger partial charge in [-0.15, -0.1) is 0 Å². The van der Waals surface area contributed by atoms with Crippen molar-refractivity contribution >= 4 is 5.91 Å². The van der Waals surface area contributed by atoms with Crippen molar-refractivity contribution in [1.29, 1.82) is 0 Å². The second-order valence-electron chi connectivity index (χ2n) is 7.66. The van der Waals surface area contributed by atoms with E-state index in [1.165, 1.54) is 0 Å². The van der Waals surface area contributed by atoms with Crippen LogP contribution in [0.4, 0.5) is 0 Å². The molecule has 0 spiro atoms. The molecule has 120 valence electrons. The van der Waals surface area contributed by atoms with Gasteiger partial charge in [-0.1, -0.05) is 0 Å². The van der Waals surface area contributed by atoms with Gasteiger partial charge >= 0.3 is 0 Å². The lowest BCUT2D eigenvalue weighted by molar-refractivity contribution is -0.210. The third-order valence-corrected chi connectivity index (χ3v) is 5.20. The maximum Gasteiger partial charge on any atom is 0.255 e. The van der Waals surface area contributed by atoms with Gasteiger partial charge in [-0.25, -0.2) is 0 Å². The molecule has 0 unspecified atom stereocenters. The second kappa shape index (κ2) is 5.34. The number of hydrogen-bond donors (Lipinski definition) is 0. The predicted octanol–water partition coefficient (Wildman–Crippen LogP) is 3.20. The number of rotatable bonds is 1. The van der Waals surface area contributed by atoms with Crippen molar-refractivity contribution in [3.8, 4) is 0 Å². The summed E-state index contributed by atoms with van der Waals surface area (Å²) in [6, 6.07) is 1.92. The van der Waals surface area contributed by atoms with Crippen molar-refractivity contribution in [1.82, 2.24) is 9.88 Å². The molecule has 4 nitrogen and oxygen atoms in total.